The van der Waals surface area contributed by atoms with E-state index >= 15 is 0 Å². The lowest BCUT2D eigenvalue weighted by Gasteiger charge is -2.08. The molecule has 0 aromatic heterocycles. The minimum atomic E-state index is -1.09. The van der Waals surface area contributed by atoms with Crippen LogP contribution in [-0.2, 0) is 0 Å². The van der Waals surface area contributed by atoms with Gasteiger partial charge in [0.25, 0.3) is 0 Å². The van der Waals surface area contributed by atoms with Crippen LogP contribution in [0.1, 0.15) is 10.4 Å². The summed E-state index contributed by atoms with van der Waals surface area (Å²) in [7, 11) is 0. The molecule has 2 rings (SSSR count). The summed E-state index contributed by atoms with van der Waals surface area (Å²) in [4.78, 5) is 11.1. The van der Waals surface area contributed by atoms with Crippen LogP contribution in [0.4, 0.5) is 4.39 Å². The monoisotopic (exact) mass is 310 g/mol. The molecule has 0 aliphatic heterocycles. The van der Waals surface area contributed by atoms with Crippen LogP contribution in [0.25, 0.3) is 0 Å². The molecule has 0 unspecified atom stereocenters. The molecule has 18 heavy (non-hydrogen) atoms. The Balaban J connectivity index is 2.34. The van der Waals surface area contributed by atoms with Gasteiger partial charge in [0.1, 0.15) is 22.9 Å². The second-order valence-corrected chi connectivity index (χ2v) is 4.42. The van der Waals surface area contributed by atoms with Gasteiger partial charge in [0.05, 0.1) is 0 Å². The first-order chi connectivity index (χ1) is 8.56. The molecule has 0 saturated carbocycles. The first-order valence-electron chi connectivity index (χ1n) is 5.02. The fraction of sp³-hybridized carbons (Fsp3) is 0. The molecule has 0 radical (unpaired) electrons. The average molecular weight is 311 g/mol. The van der Waals surface area contributed by atoms with Gasteiger partial charge in [-0.2, -0.15) is 0 Å². The number of aromatic carboxylic acids is 1. The molecule has 5 heteroatoms. The third-order valence-corrected chi connectivity index (χ3v) is 2.71. The quantitative estimate of drug-likeness (QED) is 0.929. The predicted octanol–water partition coefficient (Wildman–Crippen LogP) is 4.08. The lowest BCUT2D eigenvalue weighted by atomic mass is 10.2. The van der Waals surface area contributed by atoms with E-state index in [2.05, 4.69) is 15.9 Å². The van der Waals surface area contributed by atoms with Crippen LogP contribution in [0.2, 0.25) is 0 Å². The van der Waals surface area contributed by atoms with E-state index in [4.69, 9.17) is 9.84 Å². The normalized spacial score (nSPS) is 10.1. The Bertz CT molecular complexity index is 581. The minimum absolute atomic E-state index is 0.0358. The standard InChI is InChI=1S/C13H8BrFO3/c14-8-1-6-12(11(7-8)13(16)17)18-10-4-2-9(15)3-5-10/h1-7H,(H,16,17). The summed E-state index contributed by atoms with van der Waals surface area (Å²) in [5.74, 6) is -0.886. The Morgan fingerprint density at radius 1 is 1.17 bits per heavy atom. The number of carboxylic acids is 1. The summed E-state index contributed by atoms with van der Waals surface area (Å²) in [5, 5.41) is 9.05. The molecule has 0 fully saturated rings. The maximum Gasteiger partial charge on any atom is 0.339 e. The Morgan fingerprint density at radius 3 is 2.44 bits per heavy atom. The molecule has 2 aromatic carbocycles. The van der Waals surface area contributed by atoms with Crippen molar-refractivity contribution >= 4 is 21.9 Å². The maximum atomic E-state index is 12.7. The molecule has 0 heterocycles. The van der Waals surface area contributed by atoms with Gasteiger partial charge in [-0.15, -0.1) is 0 Å². The van der Waals surface area contributed by atoms with Crippen molar-refractivity contribution in [3.8, 4) is 11.5 Å². The van der Waals surface area contributed by atoms with Crippen LogP contribution in [-0.4, -0.2) is 11.1 Å². The summed E-state index contributed by atoms with van der Waals surface area (Å²) in [6.07, 6.45) is 0. The number of hydrogen-bond acceptors (Lipinski definition) is 2. The third-order valence-electron chi connectivity index (χ3n) is 2.21. The van der Waals surface area contributed by atoms with Crippen LogP contribution in [0.5, 0.6) is 11.5 Å². The van der Waals surface area contributed by atoms with Crippen LogP contribution in [0, 0.1) is 5.82 Å². The summed E-state index contributed by atoms with van der Waals surface area (Å²) in [6.45, 7) is 0. The lowest BCUT2D eigenvalue weighted by Crippen LogP contribution is -2.00. The van der Waals surface area contributed by atoms with Crippen LogP contribution in [0.15, 0.2) is 46.9 Å². The molecule has 2 aromatic rings. The van der Waals surface area contributed by atoms with E-state index in [1.54, 1.807) is 6.07 Å². The summed E-state index contributed by atoms with van der Waals surface area (Å²) in [5.41, 5.74) is 0.0358. The number of rotatable bonds is 3. The second kappa shape index (κ2) is 5.18. The summed E-state index contributed by atoms with van der Waals surface area (Å²) < 4.78 is 18.8. The zero-order valence-electron chi connectivity index (χ0n) is 9.06. The van der Waals surface area contributed by atoms with Crippen LogP contribution < -0.4 is 4.74 Å². The van der Waals surface area contributed by atoms with E-state index in [-0.39, 0.29) is 17.1 Å². The van der Waals surface area contributed by atoms with Gasteiger partial charge < -0.3 is 9.84 Å². The number of benzene rings is 2. The number of ether oxygens (including phenoxy) is 1. The van der Waals surface area contributed by atoms with Crippen LogP contribution >= 0.6 is 15.9 Å². The molecule has 0 amide bonds. The molecular formula is C13H8BrFO3. The fourth-order valence-corrected chi connectivity index (χ4v) is 1.75. The highest BCUT2D eigenvalue weighted by atomic mass is 79.9. The Hall–Kier alpha value is -1.88. The molecule has 3 nitrogen and oxygen atoms in total. The van der Waals surface area contributed by atoms with E-state index in [0.717, 1.165) is 0 Å². The van der Waals surface area contributed by atoms with Crippen molar-refractivity contribution in [3.63, 3.8) is 0 Å². The fourth-order valence-electron chi connectivity index (χ4n) is 1.39. The first kappa shape index (κ1) is 12.6. The molecule has 92 valence electrons. The van der Waals surface area contributed by atoms with Gasteiger partial charge in [0, 0.05) is 4.47 Å². The van der Waals surface area contributed by atoms with Gasteiger partial charge in [-0.05, 0) is 42.5 Å². The van der Waals surface area contributed by atoms with Gasteiger partial charge in [-0.1, -0.05) is 15.9 Å². The van der Waals surface area contributed by atoms with Gasteiger partial charge in [0.15, 0.2) is 0 Å². The number of halogens is 2. The van der Waals surface area contributed by atoms with E-state index in [1.807, 2.05) is 0 Å². The average Bonchev–Trinajstić information content (AvgIpc) is 2.34. The molecule has 0 aliphatic rings. The molecule has 0 aliphatic carbocycles. The number of hydrogen-bond donors (Lipinski definition) is 1. The van der Waals surface area contributed by atoms with Crippen LogP contribution in [0.3, 0.4) is 0 Å². The zero-order chi connectivity index (χ0) is 13.1. The van der Waals surface area contributed by atoms with Crippen molar-refractivity contribution in [2.24, 2.45) is 0 Å². The van der Waals surface area contributed by atoms with Crippen molar-refractivity contribution in [2.45, 2.75) is 0 Å². The van der Waals surface area contributed by atoms with E-state index < -0.39 is 5.97 Å². The molecule has 0 atom stereocenters. The highest BCUT2D eigenvalue weighted by Crippen LogP contribution is 2.28. The summed E-state index contributed by atoms with van der Waals surface area (Å²) >= 11 is 3.19. The topological polar surface area (TPSA) is 46.5 Å². The van der Waals surface area contributed by atoms with Crippen molar-refractivity contribution in [3.05, 3.63) is 58.3 Å². The molecule has 0 spiro atoms. The van der Waals surface area contributed by atoms with Gasteiger partial charge in [-0.3, -0.25) is 0 Å². The van der Waals surface area contributed by atoms with Crippen molar-refractivity contribution < 1.29 is 19.0 Å². The highest BCUT2D eigenvalue weighted by Gasteiger charge is 2.12. The Morgan fingerprint density at radius 2 is 1.83 bits per heavy atom. The Labute approximate surface area is 111 Å². The number of carbonyl (C=O) groups is 1. The third kappa shape index (κ3) is 2.87. The van der Waals surface area contributed by atoms with E-state index in [1.165, 1.54) is 36.4 Å². The SMILES string of the molecule is O=C(O)c1cc(Br)ccc1Oc1ccc(F)cc1. The van der Waals surface area contributed by atoms with Gasteiger partial charge in [0.2, 0.25) is 0 Å². The summed E-state index contributed by atoms with van der Waals surface area (Å²) in [6, 6.07) is 10.0. The Kier molecular flexibility index (Phi) is 3.62. The number of carboxylic acid groups (broad SMARTS) is 1. The molecule has 1 N–H and O–H groups in total. The second-order valence-electron chi connectivity index (χ2n) is 3.50. The maximum absolute atomic E-state index is 12.7. The smallest absolute Gasteiger partial charge is 0.339 e. The zero-order valence-corrected chi connectivity index (χ0v) is 10.6. The predicted molar refractivity (Wildman–Crippen MR) is 67.6 cm³/mol. The lowest BCUT2D eigenvalue weighted by molar-refractivity contribution is 0.0694. The van der Waals surface area contributed by atoms with Gasteiger partial charge in [-0.25, -0.2) is 9.18 Å². The van der Waals surface area contributed by atoms with E-state index in [9.17, 15) is 9.18 Å². The van der Waals surface area contributed by atoms with Crippen molar-refractivity contribution in [2.75, 3.05) is 0 Å². The van der Waals surface area contributed by atoms with Crippen molar-refractivity contribution in [1.82, 2.24) is 0 Å². The largest absolute Gasteiger partial charge is 0.478 e. The van der Waals surface area contributed by atoms with Gasteiger partial charge >= 0.3 is 5.97 Å². The minimum Gasteiger partial charge on any atom is -0.478 e. The molecule has 0 saturated heterocycles. The van der Waals surface area contributed by atoms with Crippen molar-refractivity contribution in [1.29, 1.82) is 0 Å². The first-order valence-corrected chi connectivity index (χ1v) is 5.82. The highest BCUT2D eigenvalue weighted by molar-refractivity contribution is 9.10. The molecular weight excluding hydrogens is 303 g/mol. The van der Waals surface area contributed by atoms with E-state index in [0.29, 0.717) is 10.2 Å². The molecule has 0 bridgehead atoms.